The summed E-state index contributed by atoms with van der Waals surface area (Å²) in [5.41, 5.74) is 0.447. The highest BCUT2D eigenvalue weighted by Gasteiger charge is 2.18. The van der Waals surface area contributed by atoms with E-state index in [0.29, 0.717) is 12.0 Å². The first-order valence-electron chi connectivity index (χ1n) is 6.07. The average Bonchev–Trinajstić information content (AvgIpc) is 2.16. The molecule has 0 atom stereocenters. The van der Waals surface area contributed by atoms with E-state index in [1.54, 1.807) is 0 Å². The summed E-state index contributed by atoms with van der Waals surface area (Å²) in [6.45, 7) is 13.8. The number of hydrogen-bond donors (Lipinski definition) is 1. The molecular weight excluding hydrogens is 188 g/mol. The third-order valence-electron chi connectivity index (χ3n) is 3.06. The molecule has 0 bridgehead atoms. The molecule has 1 N–H and O–H groups in total. The van der Waals surface area contributed by atoms with Gasteiger partial charge in [-0.3, -0.25) is 4.90 Å². The van der Waals surface area contributed by atoms with E-state index in [0.717, 1.165) is 32.7 Å². The lowest BCUT2D eigenvalue weighted by atomic mass is 9.92. The van der Waals surface area contributed by atoms with E-state index in [-0.39, 0.29) is 0 Å². The Morgan fingerprint density at radius 1 is 0.933 bits per heavy atom. The predicted molar refractivity (Wildman–Crippen MR) is 64.0 cm³/mol. The van der Waals surface area contributed by atoms with Crippen LogP contribution in [0.1, 0.15) is 27.2 Å². The molecule has 3 nitrogen and oxygen atoms in total. The second kappa shape index (κ2) is 5.83. The molecule has 1 fully saturated rings. The van der Waals surface area contributed by atoms with Gasteiger partial charge in [0.2, 0.25) is 0 Å². The average molecular weight is 214 g/mol. The molecular formula is C12H26N2O. The molecule has 1 saturated heterocycles. The van der Waals surface area contributed by atoms with Crippen molar-refractivity contribution in [2.75, 3.05) is 45.9 Å². The van der Waals surface area contributed by atoms with Crippen LogP contribution in [0.25, 0.3) is 0 Å². The van der Waals surface area contributed by atoms with Crippen molar-refractivity contribution >= 4 is 0 Å². The summed E-state index contributed by atoms with van der Waals surface area (Å²) >= 11 is 0. The quantitative estimate of drug-likeness (QED) is 0.757. The minimum absolute atomic E-state index is 0.294. The van der Waals surface area contributed by atoms with Crippen molar-refractivity contribution in [3.63, 3.8) is 0 Å². The summed E-state index contributed by atoms with van der Waals surface area (Å²) in [6.07, 6.45) is 1.27. The third-order valence-corrected chi connectivity index (χ3v) is 3.06. The van der Waals surface area contributed by atoms with Crippen LogP contribution < -0.4 is 0 Å². The Morgan fingerprint density at radius 3 is 1.80 bits per heavy atom. The van der Waals surface area contributed by atoms with Gasteiger partial charge in [-0.2, -0.15) is 0 Å². The fourth-order valence-electron chi connectivity index (χ4n) is 1.87. The molecule has 90 valence electrons. The lowest BCUT2D eigenvalue weighted by Gasteiger charge is -2.35. The van der Waals surface area contributed by atoms with Gasteiger partial charge in [0.1, 0.15) is 0 Å². The molecule has 1 aliphatic rings. The zero-order valence-electron chi connectivity index (χ0n) is 10.5. The van der Waals surface area contributed by atoms with Crippen LogP contribution in [0.15, 0.2) is 0 Å². The van der Waals surface area contributed by atoms with E-state index in [4.69, 9.17) is 5.11 Å². The van der Waals surface area contributed by atoms with Gasteiger partial charge >= 0.3 is 0 Å². The maximum atomic E-state index is 8.84. The van der Waals surface area contributed by atoms with Crippen molar-refractivity contribution in [1.82, 2.24) is 9.80 Å². The standard InChI is InChI=1S/C12H26N2O/c1-12(2,3)4-5-13-6-8-14(9-7-13)10-11-15/h15H,4-11H2,1-3H3. The number of rotatable bonds is 4. The summed E-state index contributed by atoms with van der Waals surface area (Å²) in [4.78, 5) is 4.88. The largest absolute Gasteiger partial charge is 0.395 e. The number of β-amino-alcohol motifs (C(OH)–C–C–N with tert-alkyl or cyclic N) is 1. The van der Waals surface area contributed by atoms with Gasteiger partial charge in [0.05, 0.1) is 6.61 Å². The molecule has 0 spiro atoms. The van der Waals surface area contributed by atoms with Crippen molar-refractivity contribution < 1.29 is 5.11 Å². The normalized spacial score (nSPS) is 20.8. The molecule has 1 aliphatic heterocycles. The van der Waals surface area contributed by atoms with Crippen molar-refractivity contribution in [1.29, 1.82) is 0 Å². The number of aliphatic hydroxyl groups is 1. The van der Waals surface area contributed by atoms with Crippen molar-refractivity contribution in [3.8, 4) is 0 Å². The summed E-state index contributed by atoms with van der Waals surface area (Å²) in [6, 6.07) is 0. The molecule has 0 aliphatic carbocycles. The molecule has 0 radical (unpaired) electrons. The van der Waals surface area contributed by atoms with Crippen LogP contribution in [-0.4, -0.2) is 60.8 Å². The summed E-state index contributed by atoms with van der Waals surface area (Å²) in [5.74, 6) is 0. The van der Waals surface area contributed by atoms with Crippen LogP contribution in [-0.2, 0) is 0 Å². The van der Waals surface area contributed by atoms with Gasteiger partial charge in [0.25, 0.3) is 0 Å². The molecule has 1 heterocycles. The maximum absolute atomic E-state index is 8.84. The highest BCUT2D eigenvalue weighted by Crippen LogP contribution is 2.19. The molecule has 0 saturated carbocycles. The Morgan fingerprint density at radius 2 is 1.40 bits per heavy atom. The molecule has 15 heavy (non-hydrogen) atoms. The Balaban J connectivity index is 2.15. The van der Waals surface area contributed by atoms with E-state index in [9.17, 15) is 0 Å². The first kappa shape index (κ1) is 12.9. The highest BCUT2D eigenvalue weighted by molar-refractivity contribution is 4.73. The first-order chi connectivity index (χ1) is 7.01. The second-order valence-corrected chi connectivity index (χ2v) is 5.72. The Bertz CT molecular complexity index is 169. The van der Waals surface area contributed by atoms with E-state index < -0.39 is 0 Å². The van der Waals surface area contributed by atoms with Gasteiger partial charge in [-0.1, -0.05) is 20.8 Å². The number of aliphatic hydroxyl groups excluding tert-OH is 1. The van der Waals surface area contributed by atoms with Gasteiger partial charge in [0, 0.05) is 32.7 Å². The monoisotopic (exact) mass is 214 g/mol. The Hall–Kier alpha value is -0.120. The fourth-order valence-corrected chi connectivity index (χ4v) is 1.87. The molecule has 0 aromatic rings. The fraction of sp³-hybridized carbons (Fsp3) is 1.00. The van der Waals surface area contributed by atoms with Crippen molar-refractivity contribution in [2.24, 2.45) is 5.41 Å². The maximum Gasteiger partial charge on any atom is 0.0558 e. The van der Waals surface area contributed by atoms with E-state index in [1.165, 1.54) is 13.0 Å². The smallest absolute Gasteiger partial charge is 0.0558 e. The molecule has 0 amide bonds. The predicted octanol–water partition coefficient (Wildman–Crippen LogP) is 1.03. The van der Waals surface area contributed by atoms with Crippen LogP contribution in [0.5, 0.6) is 0 Å². The minimum atomic E-state index is 0.294. The highest BCUT2D eigenvalue weighted by atomic mass is 16.3. The first-order valence-corrected chi connectivity index (χ1v) is 6.07. The van der Waals surface area contributed by atoms with E-state index in [2.05, 4.69) is 30.6 Å². The topological polar surface area (TPSA) is 26.7 Å². The van der Waals surface area contributed by atoms with Crippen LogP contribution in [0.2, 0.25) is 0 Å². The lowest BCUT2D eigenvalue weighted by Crippen LogP contribution is -2.47. The van der Waals surface area contributed by atoms with Crippen molar-refractivity contribution in [2.45, 2.75) is 27.2 Å². The zero-order chi connectivity index (χ0) is 11.3. The Kier molecular flexibility index (Phi) is 5.03. The van der Waals surface area contributed by atoms with E-state index >= 15 is 0 Å². The molecule has 0 aromatic carbocycles. The van der Waals surface area contributed by atoms with Gasteiger partial charge in [0.15, 0.2) is 0 Å². The van der Waals surface area contributed by atoms with Crippen molar-refractivity contribution in [3.05, 3.63) is 0 Å². The molecule has 3 heteroatoms. The second-order valence-electron chi connectivity index (χ2n) is 5.72. The number of hydrogen-bond acceptors (Lipinski definition) is 3. The summed E-state index contributed by atoms with van der Waals surface area (Å²) in [5, 5.41) is 8.84. The van der Waals surface area contributed by atoms with Crippen LogP contribution in [0, 0.1) is 5.41 Å². The molecule has 0 aromatic heterocycles. The van der Waals surface area contributed by atoms with Gasteiger partial charge < -0.3 is 10.0 Å². The molecule has 0 unspecified atom stereocenters. The van der Waals surface area contributed by atoms with Gasteiger partial charge in [-0.15, -0.1) is 0 Å². The van der Waals surface area contributed by atoms with E-state index in [1.807, 2.05) is 0 Å². The van der Waals surface area contributed by atoms with Crippen LogP contribution in [0.3, 0.4) is 0 Å². The van der Waals surface area contributed by atoms with Crippen LogP contribution in [0.4, 0.5) is 0 Å². The SMILES string of the molecule is CC(C)(C)CCN1CCN(CCO)CC1. The minimum Gasteiger partial charge on any atom is -0.395 e. The van der Waals surface area contributed by atoms with Gasteiger partial charge in [-0.05, 0) is 18.4 Å². The molecule has 1 rings (SSSR count). The number of piperazine rings is 1. The van der Waals surface area contributed by atoms with Crippen LogP contribution >= 0.6 is 0 Å². The Labute approximate surface area is 94.1 Å². The van der Waals surface area contributed by atoms with Gasteiger partial charge in [-0.25, -0.2) is 0 Å². The third kappa shape index (κ3) is 5.50. The zero-order valence-corrected chi connectivity index (χ0v) is 10.5. The summed E-state index contributed by atoms with van der Waals surface area (Å²) in [7, 11) is 0. The summed E-state index contributed by atoms with van der Waals surface area (Å²) < 4.78 is 0. The lowest BCUT2D eigenvalue weighted by molar-refractivity contribution is 0.105. The number of nitrogens with zero attached hydrogens (tertiary/aromatic N) is 2.